The molecule has 1 heterocycles. The molecule has 8 N–H and O–H groups in total. The molecule has 0 radical (unpaired) electrons. The summed E-state index contributed by atoms with van der Waals surface area (Å²) in [5.41, 5.74) is 0. The number of amides is 1. The van der Waals surface area contributed by atoms with E-state index in [1.54, 1.807) is 0 Å². The van der Waals surface area contributed by atoms with Crippen LogP contribution >= 0.6 is 0 Å². The Kier molecular flexibility index (Phi) is 37.4. The van der Waals surface area contributed by atoms with Crippen LogP contribution in [0.1, 0.15) is 226 Å². The molecule has 0 aromatic rings. The van der Waals surface area contributed by atoms with Crippen molar-refractivity contribution in [1.82, 2.24) is 5.32 Å². The molecule has 0 aromatic carbocycles. The van der Waals surface area contributed by atoms with Gasteiger partial charge in [-0.2, -0.15) is 0 Å². The number of aliphatic hydroxyl groups is 7. The number of carbonyl (C=O) groups is 1. The topological polar surface area (TPSA) is 189 Å². The molecule has 1 amide bonds. The molecule has 11 nitrogen and oxygen atoms in total. The molecule has 0 bridgehead atoms. The Morgan fingerprint density at radius 2 is 0.983 bits per heavy atom. The average molecular weight is 858 g/mol. The van der Waals surface area contributed by atoms with Crippen molar-refractivity contribution >= 4 is 5.91 Å². The van der Waals surface area contributed by atoms with E-state index in [1.165, 1.54) is 148 Å². The number of hydrogen-bond donors (Lipinski definition) is 8. The minimum absolute atomic E-state index is 0.257. The zero-order chi connectivity index (χ0) is 44.1. The number of aliphatic hydroxyl groups excluding tert-OH is 7. The first kappa shape index (κ1) is 56.9. The van der Waals surface area contributed by atoms with E-state index in [1.807, 2.05) is 0 Å². The lowest BCUT2D eigenvalue weighted by Crippen LogP contribution is -2.60. The molecule has 11 heteroatoms. The van der Waals surface area contributed by atoms with Crippen molar-refractivity contribution in [3.05, 3.63) is 12.2 Å². The van der Waals surface area contributed by atoms with Crippen LogP contribution in [-0.4, -0.2) is 110 Å². The summed E-state index contributed by atoms with van der Waals surface area (Å²) in [5.74, 6) is -0.706. The molecule has 1 fully saturated rings. The first-order valence-corrected chi connectivity index (χ1v) is 25.1. The predicted octanol–water partition coefficient (Wildman–Crippen LogP) is 8.84. The maximum absolute atomic E-state index is 13.0. The third kappa shape index (κ3) is 28.5. The number of hydrogen-bond acceptors (Lipinski definition) is 10. The van der Waals surface area contributed by atoms with Gasteiger partial charge in [0.05, 0.1) is 25.4 Å². The molecule has 0 spiro atoms. The first-order valence-electron chi connectivity index (χ1n) is 25.1. The molecular formula is C49H95NO10. The van der Waals surface area contributed by atoms with Crippen LogP contribution in [0.25, 0.3) is 0 Å². The third-order valence-electron chi connectivity index (χ3n) is 12.3. The summed E-state index contributed by atoms with van der Waals surface area (Å²) in [5, 5.41) is 75.6. The second kappa shape index (κ2) is 39.4. The standard InChI is InChI=1S/C49H95NO10/c1-3-5-7-9-11-13-15-16-17-18-19-20-21-22-23-24-25-26-27-29-30-32-34-36-41(52)44(54)40(39-59-49-47(57)46(56)45(55)43(38-51)60-49)50-48(58)42(53)37-35-33-31-28-14-12-10-8-6-4-2/h29-30,40-47,49,51-57H,3-28,31-39H2,1-2H3,(H,50,58)/b30-29+. The summed E-state index contributed by atoms with van der Waals surface area (Å²) >= 11 is 0. The second-order valence-electron chi connectivity index (χ2n) is 17.9. The van der Waals surface area contributed by atoms with E-state index in [4.69, 9.17) is 9.47 Å². The fourth-order valence-corrected chi connectivity index (χ4v) is 8.15. The molecule has 1 saturated heterocycles. The van der Waals surface area contributed by atoms with Crippen LogP contribution in [0.2, 0.25) is 0 Å². The summed E-state index contributed by atoms with van der Waals surface area (Å²) in [6.07, 6.45) is 31.4. The van der Waals surface area contributed by atoms with Crippen molar-refractivity contribution in [2.24, 2.45) is 0 Å². The number of nitrogens with one attached hydrogen (secondary N) is 1. The van der Waals surface area contributed by atoms with Gasteiger partial charge in [-0.1, -0.05) is 199 Å². The van der Waals surface area contributed by atoms with Gasteiger partial charge in [0.1, 0.15) is 36.6 Å². The Hall–Kier alpha value is -1.15. The van der Waals surface area contributed by atoms with E-state index >= 15 is 0 Å². The molecule has 60 heavy (non-hydrogen) atoms. The molecule has 356 valence electrons. The van der Waals surface area contributed by atoms with Crippen molar-refractivity contribution in [1.29, 1.82) is 0 Å². The minimum atomic E-state index is -1.66. The normalized spacial score (nSPS) is 21.6. The van der Waals surface area contributed by atoms with Crippen molar-refractivity contribution in [2.45, 2.75) is 281 Å². The Bertz CT molecular complexity index is 986. The lowest BCUT2D eigenvalue weighted by atomic mass is 9.98. The summed E-state index contributed by atoms with van der Waals surface area (Å²) in [4.78, 5) is 13.0. The molecule has 0 saturated carbocycles. The highest BCUT2D eigenvalue weighted by atomic mass is 16.7. The van der Waals surface area contributed by atoms with Gasteiger partial charge in [-0.25, -0.2) is 0 Å². The Morgan fingerprint density at radius 1 is 0.567 bits per heavy atom. The van der Waals surface area contributed by atoms with Crippen molar-refractivity contribution in [3.63, 3.8) is 0 Å². The van der Waals surface area contributed by atoms with E-state index in [9.17, 15) is 40.5 Å². The van der Waals surface area contributed by atoms with Crippen molar-refractivity contribution in [2.75, 3.05) is 13.2 Å². The molecule has 0 aliphatic carbocycles. The minimum Gasteiger partial charge on any atom is -0.394 e. The van der Waals surface area contributed by atoms with E-state index in [0.717, 1.165) is 38.5 Å². The zero-order valence-electron chi connectivity index (χ0n) is 38.5. The van der Waals surface area contributed by atoms with E-state index in [0.29, 0.717) is 12.8 Å². The van der Waals surface area contributed by atoms with Gasteiger partial charge in [0, 0.05) is 0 Å². The SMILES string of the molecule is CCCCCCCCCCCCCCCCCCCC/C=C/CCCC(O)C(O)C(COC1OC(CO)C(O)C(O)C1O)NC(=O)C(O)CCCCCCCCCCCC. The van der Waals surface area contributed by atoms with Crippen LogP contribution in [0.3, 0.4) is 0 Å². The fraction of sp³-hybridized carbons (Fsp3) is 0.939. The highest BCUT2D eigenvalue weighted by Gasteiger charge is 2.44. The van der Waals surface area contributed by atoms with Gasteiger partial charge in [0.25, 0.3) is 0 Å². The summed E-state index contributed by atoms with van der Waals surface area (Å²) in [6.45, 7) is 3.42. The lowest BCUT2D eigenvalue weighted by Gasteiger charge is -2.40. The second-order valence-corrected chi connectivity index (χ2v) is 17.9. The Labute approximate surface area is 366 Å². The molecule has 1 rings (SSSR count). The van der Waals surface area contributed by atoms with Crippen LogP contribution in [0.5, 0.6) is 0 Å². The summed E-state index contributed by atoms with van der Waals surface area (Å²) in [7, 11) is 0. The van der Waals surface area contributed by atoms with Crippen LogP contribution < -0.4 is 5.32 Å². The highest BCUT2D eigenvalue weighted by molar-refractivity contribution is 5.80. The quantitative estimate of drug-likeness (QED) is 0.0218. The van der Waals surface area contributed by atoms with Gasteiger partial charge in [-0.05, 0) is 38.5 Å². The predicted molar refractivity (Wildman–Crippen MR) is 243 cm³/mol. The van der Waals surface area contributed by atoms with E-state index in [2.05, 4.69) is 31.3 Å². The number of allylic oxidation sites excluding steroid dienone is 2. The maximum Gasteiger partial charge on any atom is 0.249 e. The molecule has 1 aliphatic heterocycles. The van der Waals surface area contributed by atoms with Gasteiger partial charge >= 0.3 is 0 Å². The molecule has 1 aliphatic rings. The smallest absolute Gasteiger partial charge is 0.249 e. The van der Waals surface area contributed by atoms with Gasteiger partial charge in [-0.15, -0.1) is 0 Å². The molecule has 0 aromatic heterocycles. The van der Waals surface area contributed by atoms with Crippen molar-refractivity contribution < 1.29 is 50.0 Å². The molecule has 9 unspecified atom stereocenters. The van der Waals surface area contributed by atoms with Crippen LogP contribution in [0.15, 0.2) is 12.2 Å². The van der Waals surface area contributed by atoms with E-state index < -0.39 is 74.2 Å². The maximum atomic E-state index is 13.0. The summed E-state index contributed by atoms with van der Waals surface area (Å²) < 4.78 is 11.1. The molecule has 9 atom stereocenters. The van der Waals surface area contributed by atoms with E-state index in [-0.39, 0.29) is 12.8 Å². The Balaban J connectivity index is 2.36. The fourth-order valence-electron chi connectivity index (χ4n) is 8.15. The van der Waals surface area contributed by atoms with Crippen LogP contribution in [-0.2, 0) is 14.3 Å². The van der Waals surface area contributed by atoms with Gasteiger partial charge in [0.2, 0.25) is 5.91 Å². The summed E-state index contributed by atoms with van der Waals surface area (Å²) in [6, 6.07) is -1.18. The monoisotopic (exact) mass is 858 g/mol. The average Bonchev–Trinajstić information content (AvgIpc) is 3.25. The third-order valence-corrected chi connectivity index (χ3v) is 12.3. The Morgan fingerprint density at radius 3 is 1.43 bits per heavy atom. The highest BCUT2D eigenvalue weighted by Crippen LogP contribution is 2.23. The van der Waals surface area contributed by atoms with Crippen LogP contribution in [0, 0.1) is 0 Å². The number of unbranched alkanes of at least 4 members (excludes halogenated alkanes) is 28. The zero-order valence-corrected chi connectivity index (χ0v) is 38.5. The first-order chi connectivity index (χ1) is 29.2. The number of ether oxygens (including phenoxy) is 2. The number of carbonyl (C=O) groups excluding carboxylic acids is 1. The lowest BCUT2D eigenvalue weighted by molar-refractivity contribution is -0.303. The van der Waals surface area contributed by atoms with Crippen LogP contribution in [0.4, 0.5) is 0 Å². The molecular weight excluding hydrogens is 763 g/mol. The van der Waals surface area contributed by atoms with Gasteiger partial charge in [0.15, 0.2) is 6.29 Å². The van der Waals surface area contributed by atoms with Gasteiger partial charge < -0.3 is 50.5 Å². The largest absolute Gasteiger partial charge is 0.394 e. The number of rotatable bonds is 42. The van der Waals surface area contributed by atoms with Gasteiger partial charge in [-0.3, -0.25) is 4.79 Å². The van der Waals surface area contributed by atoms with Crippen molar-refractivity contribution in [3.8, 4) is 0 Å².